The lowest BCUT2D eigenvalue weighted by molar-refractivity contribution is 0.188. The Balaban J connectivity index is 2.03. The monoisotopic (exact) mass is 238 g/mol. The molecule has 0 amide bonds. The minimum absolute atomic E-state index is 0.586. The highest BCUT2D eigenvalue weighted by molar-refractivity contribution is 5.83. The maximum absolute atomic E-state index is 10.3. The van der Waals surface area contributed by atoms with Gasteiger partial charge in [0.25, 0.3) is 0 Å². The number of hydrogen-bond acceptors (Lipinski definition) is 2. The zero-order chi connectivity index (χ0) is 12.5. The van der Waals surface area contributed by atoms with E-state index in [9.17, 15) is 5.11 Å². The minimum atomic E-state index is -0.705. The second kappa shape index (κ2) is 4.31. The van der Waals surface area contributed by atoms with Crippen molar-refractivity contribution in [3.8, 4) is 0 Å². The molecule has 0 bridgehead atoms. The number of benzene rings is 2. The van der Waals surface area contributed by atoms with Crippen LogP contribution in [0.1, 0.15) is 23.2 Å². The predicted molar refractivity (Wildman–Crippen MR) is 71.5 cm³/mol. The van der Waals surface area contributed by atoms with Crippen molar-refractivity contribution in [1.82, 2.24) is 0 Å². The smallest absolute Gasteiger partial charge is 0.137 e. The van der Waals surface area contributed by atoms with Gasteiger partial charge in [-0.15, -0.1) is 0 Å². The van der Waals surface area contributed by atoms with Gasteiger partial charge in [-0.25, -0.2) is 0 Å². The molecule has 2 aromatic carbocycles. The molecule has 0 aliphatic rings. The standard InChI is InChI=1S/C16H14O2/c1-11-6-9-15(18-11)16(17)14-8-7-12-4-2-3-5-13(12)10-14/h2-10,16-17H,1H3/t16-/m0/s1. The van der Waals surface area contributed by atoms with Gasteiger partial charge in [-0.05, 0) is 41.5 Å². The van der Waals surface area contributed by atoms with Gasteiger partial charge < -0.3 is 9.52 Å². The molecule has 18 heavy (non-hydrogen) atoms. The van der Waals surface area contributed by atoms with Gasteiger partial charge in [0.05, 0.1) is 0 Å². The summed E-state index contributed by atoms with van der Waals surface area (Å²) in [4.78, 5) is 0. The third-order valence-electron chi connectivity index (χ3n) is 3.12. The molecule has 0 aliphatic heterocycles. The predicted octanol–water partition coefficient (Wildman–Crippen LogP) is 3.82. The summed E-state index contributed by atoms with van der Waals surface area (Å²) in [5, 5.41) is 12.6. The molecular formula is C16H14O2. The lowest BCUT2D eigenvalue weighted by Gasteiger charge is -2.09. The van der Waals surface area contributed by atoms with Gasteiger partial charge in [-0.3, -0.25) is 0 Å². The van der Waals surface area contributed by atoms with Crippen LogP contribution in [-0.2, 0) is 0 Å². The van der Waals surface area contributed by atoms with Crippen LogP contribution in [0.4, 0.5) is 0 Å². The molecule has 1 heterocycles. The first kappa shape index (κ1) is 11.1. The minimum Gasteiger partial charge on any atom is -0.463 e. The van der Waals surface area contributed by atoms with Crippen LogP contribution < -0.4 is 0 Å². The molecule has 3 rings (SSSR count). The fraction of sp³-hybridized carbons (Fsp3) is 0.125. The van der Waals surface area contributed by atoms with Crippen LogP contribution in [0.15, 0.2) is 59.0 Å². The Kier molecular flexibility index (Phi) is 2.65. The molecule has 2 heteroatoms. The summed E-state index contributed by atoms with van der Waals surface area (Å²) in [6, 6.07) is 17.7. The summed E-state index contributed by atoms with van der Waals surface area (Å²) in [7, 11) is 0. The van der Waals surface area contributed by atoms with E-state index in [4.69, 9.17) is 4.42 Å². The van der Waals surface area contributed by atoms with Crippen molar-refractivity contribution in [2.75, 3.05) is 0 Å². The van der Waals surface area contributed by atoms with Crippen LogP contribution >= 0.6 is 0 Å². The van der Waals surface area contributed by atoms with Gasteiger partial charge >= 0.3 is 0 Å². The molecule has 90 valence electrons. The zero-order valence-corrected chi connectivity index (χ0v) is 10.1. The highest BCUT2D eigenvalue weighted by atomic mass is 16.4. The Bertz CT molecular complexity index is 682. The van der Waals surface area contributed by atoms with E-state index in [0.717, 1.165) is 16.7 Å². The summed E-state index contributed by atoms with van der Waals surface area (Å²) < 4.78 is 5.46. The fourth-order valence-electron chi connectivity index (χ4n) is 2.14. The average Bonchev–Trinajstić information content (AvgIpc) is 2.84. The van der Waals surface area contributed by atoms with E-state index in [1.54, 1.807) is 0 Å². The lowest BCUT2D eigenvalue weighted by atomic mass is 10.0. The number of hydrogen-bond donors (Lipinski definition) is 1. The maximum atomic E-state index is 10.3. The van der Waals surface area contributed by atoms with Crippen molar-refractivity contribution in [3.05, 3.63) is 71.7 Å². The topological polar surface area (TPSA) is 33.4 Å². The van der Waals surface area contributed by atoms with Crippen molar-refractivity contribution in [3.63, 3.8) is 0 Å². The summed E-state index contributed by atoms with van der Waals surface area (Å²) in [6.45, 7) is 1.87. The summed E-state index contributed by atoms with van der Waals surface area (Å²) in [6.07, 6.45) is -0.705. The van der Waals surface area contributed by atoms with Gasteiger partial charge in [-0.2, -0.15) is 0 Å². The second-order valence-electron chi connectivity index (χ2n) is 4.46. The maximum Gasteiger partial charge on any atom is 0.137 e. The number of aryl methyl sites for hydroxylation is 1. The van der Waals surface area contributed by atoms with Gasteiger partial charge in [0.15, 0.2) is 0 Å². The Morgan fingerprint density at radius 1 is 0.944 bits per heavy atom. The first-order valence-corrected chi connectivity index (χ1v) is 5.97. The molecule has 0 unspecified atom stereocenters. The highest BCUT2D eigenvalue weighted by Gasteiger charge is 2.14. The summed E-state index contributed by atoms with van der Waals surface area (Å²) in [5.74, 6) is 1.40. The Hall–Kier alpha value is -2.06. The molecule has 0 aliphatic carbocycles. The highest BCUT2D eigenvalue weighted by Crippen LogP contribution is 2.26. The molecule has 1 atom stereocenters. The Labute approximate surface area is 105 Å². The first-order chi connectivity index (χ1) is 8.74. The van der Waals surface area contributed by atoms with Crippen LogP contribution in [0.25, 0.3) is 10.8 Å². The van der Waals surface area contributed by atoms with Crippen LogP contribution in [-0.4, -0.2) is 5.11 Å². The van der Waals surface area contributed by atoms with E-state index < -0.39 is 6.10 Å². The van der Waals surface area contributed by atoms with E-state index in [1.807, 2.05) is 55.5 Å². The Morgan fingerprint density at radius 3 is 2.44 bits per heavy atom. The number of aliphatic hydroxyl groups excluding tert-OH is 1. The number of fused-ring (bicyclic) bond motifs is 1. The molecule has 3 aromatic rings. The molecular weight excluding hydrogens is 224 g/mol. The summed E-state index contributed by atoms with van der Waals surface area (Å²) >= 11 is 0. The van der Waals surface area contributed by atoms with E-state index in [-0.39, 0.29) is 0 Å². The van der Waals surface area contributed by atoms with E-state index in [2.05, 4.69) is 6.07 Å². The average molecular weight is 238 g/mol. The molecule has 2 nitrogen and oxygen atoms in total. The van der Waals surface area contributed by atoms with Crippen LogP contribution in [0.5, 0.6) is 0 Å². The zero-order valence-electron chi connectivity index (χ0n) is 10.1. The van der Waals surface area contributed by atoms with Gasteiger partial charge in [-0.1, -0.05) is 36.4 Å². The van der Waals surface area contributed by atoms with Gasteiger partial charge in [0, 0.05) is 0 Å². The van der Waals surface area contributed by atoms with Crippen molar-refractivity contribution in [1.29, 1.82) is 0 Å². The molecule has 0 fully saturated rings. The molecule has 1 aromatic heterocycles. The van der Waals surface area contributed by atoms with E-state index in [0.29, 0.717) is 5.76 Å². The van der Waals surface area contributed by atoms with Crippen molar-refractivity contribution in [2.24, 2.45) is 0 Å². The normalized spacial score (nSPS) is 12.8. The molecule has 0 saturated carbocycles. The molecule has 0 saturated heterocycles. The van der Waals surface area contributed by atoms with Gasteiger partial charge in [0.2, 0.25) is 0 Å². The third-order valence-corrected chi connectivity index (χ3v) is 3.12. The van der Waals surface area contributed by atoms with E-state index >= 15 is 0 Å². The number of furan rings is 1. The Morgan fingerprint density at radius 2 is 1.72 bits per heavy atom. The van der Waals surface area contributed by atoms with E-state index in [1.165, 1.54) is 5.39 Å². The quantitative estimate of drug-likeness (QED) is 0.736. The number of aliphatic hydroxyl groups is 1. The summed E-state index contributed by atoms with van der Waals surface area (Å²) in [5.41, 5.74) is 0.850. The van der Waals surface area contributed by atoms with Crippen LogP contribution in [0.3, 0.4) is 0 Å². The van der Waals surface area contributed by atoms with Gasteiger partial charge in [0.1, 0.15) is 17.6 Å². The van der Waals surface area contributed by atoms with Crippen molar-refractivity contribution < 1.29 is 9.52 Å². The molecule has 1 N–H and O–H groups in total. The molecule has 0 spiro atoms. The lowest BCUT2D eigenvalue weighted by Crippen LogP contribution is -1.97. The first-order valence-electron chi connectivity index (χ1n) is 5.97. The van der Waals surface area contributed by atoms with Crippen molar-refractivity contribution in [2.45, 2.75) is 13.0 Å². The third kappa shape index (κ3) is 1.91. The van der Waals surface area contributed by atoms with Crippen molar-refractivity contribution >= 4 is 10.8 Å². The largest absolute Gasteiger partial charge is 0.463 e. The number of rotatable bonds is 2. The van der Waals surface area contributed by atoms with Crippen LogP contribution in [0.2, 0.25) is 0 Å². The SMILES string of the molecule is Cc1ccc([C@@H](O)c2ccc3ccccc3c2)o1. The molecule has 0 radical (unpaired) electrons. The van der Waals surface area contributed by atoms with Crippen LogP contribution in [0, 0.1) is 6.92 Å². The fourth-order valence-corrected chi connectivity index (χ4v) is 2.14. The second-order valence-corrected chi connectivity index (χ2v) is 4.46.